The molecule has 0 amide bonds. The van der Waals surface area contributed by atoms with Crippen molar-refractivity contribution in [2.24, 2.45) is 0 Å². The Hall–Kier alpha value is -0.650. The van der Waals surface area contributed by atoms with E-state index in [9.17, 15) is 0 Å². The van der Waals surface area contributed by atoms with Crippen molar-refractivity contribution < 1.29 is 0 Å². The van der Waals surface area contributed by atoms with E-state index in [0.29, 0.717) is 6.04 Å². The maximum Gasteiger partial charge on any atom is 0.185 e. The fourth-order valence-electron chi connectivity index (χ4n) is 2.55. The highest BCUT2D eigenvalue weighted by Gasteiger charge is 2.31. The number of hydrogen-bond donors (Lipinski definition) is 1. The molecule has 1 saturated heterocycles. The van der Waals surface area contributed by atoms with Crippen LogP contribution < -0.4 is 10.2 Å². The van der Waals surface area contributed by atoms with E-state index in [1.807, 2.05) is 0 Å². The van der Waals surface area contributed by atoms with Crippen molar-refractivity contribution in [3.8, 4) is 0 Å². The molecule has 1 saturated carbocycles. The first-order valence-electron chi connectivity index (χ1n) is 7.39. The molecule has 0 aromatic carbocycles. The van der Waals surface area contributed by atoms with Gasteiger partial charge < -0.3 is 10.2 Å². The predicted molar refractivity (Wildman–Crippen MR) is 80.9 cm³/mol. The Morgan fingerprint density at radius 3 is 2.68 bits per heavy atom. The Labute approximate surface area is 119 Å². The minimum absolute atomic E-state index is 0.521. The maximum absolute atomic E-state index is 4.75. The summed E-state index contributed by atoms with van der Waals surface area (Å²) in [6, 6.07) is 1.43. The van der Waals surface area contributed by atoms with E-state index >= 15 is 0 Å². The average Bonchev–Trinajstić information content (AvgIpc) is 3.15. The Morgan fingerprint density at radius 2 is 2.05 bits per heavy atom. The van der Waals surface area contributed by atoms with Gasteiger partial charge in [-0.15, -0.1) is 11.3 Å². The van der Waals surface area contributed by atoms with Crippen molar-refractivity contribution in [1.82, 2.24) is 15.2 Å². The van der Waals surface area contributed by atoms with Crippen LogP contribution >= 0.6 is 11.3 Å². The number of anilines is 1. The number of piperazine rings is 1. The van der Waals surface area contributed by atoms with E-state index in [1.165, 1.54) is 36.8 Å². The van der Waals surface area contributed by atoms with Crippen molar-refractivity contribution in [3.05, 3.63) is 11.1 Å². The van der Waals surface area contributed by atoms with Crippen LogP contribution in [0.5, 0.6) is 0 Å². The summed E-state index contributed by atoms with van der Waals surface area (Å²) in [4.78, 5) is 9.85. The standard InChI is InChI=1S/C14H24N4S/c1-11(2)15-9-12-10-19-14(16-12)18-7-5-17(6-8-18)13-3-4-13/h10-11,13,15H,3-9H2,1-2H3. The average molecular weight is 280 g/mol. The summed E-state index contributed by atoms with van der Waals surface area (Å²) >= 11 is 1.79. The fourth-order valence-corrected chi connectivity index (χ4v) is 3.43. The van der Waals surface area contributed by atoms with Crippen LogP contribution in [0.15, 0.2) is 5.38 Å². The number of thiazole rings is 1. The lowest BCUT2D eigenvalue weighted by Crippen LogP contribution is -2.47. The molecule has 1 aromatic rings. The number of aromatic nitrogens is 1. The summed E-state index contributed by atoms with van der Waals surface area (Å²) in [5.41, 5.74) is 1.18. The maximum atomic E-state index is 4.75. The second-order valence-corrected chi connectivity index (χ2v) is 6.75. The molecule has 1 N–H and O–H groups in total. The molecule has 1 aromatic heterocycles. The normalized spacial score (nSPS) is 21.3. The highest BCUT2D eigenvalue weighted by atomic mass is 32.1. The lowest BCUT2D eigenvalue weighted by Gasteiger charge is -2.34. The first-order valence-corrected chi connectivity index (χ1v) is 8.27. The van der Waals surface area contributed by atoms with Crippen LogP contribution in [-0.2, 0) is 6.54 Å². The van der Waals surface area contributed by atoms with Gasteiger partial charge in [0, 0.05) is 50.2 Å². The lowest BCUT2D eigenvalue weighted by atomic mass is 10.3. The molecule has 2 heterocycles. The Balaban J connectivity index is 1.51. The fraction of sp³-hybridized carbons (Fsp3) is 0.786. The van der Waals surface area contributed by atoms with Crippen LogP contribution in [-0.4, -0.2) is 48.1 Å². The van der Waals surface area contributed by atoms with Crippen molar-refractivity contribution >= 4 is 16.5 Å². The summed E-state index contributed by atoms with van der Waals surface area (Å²) < 4.78 is 0. The minimum Gasteiger partial charge on any atom is -0.346 e. The van der Waals surface area contributed by atoms with Crippen LogP contribution in [0.4, 0.5) is 5.13 Å². The van der Waals surface area contributed by atoms with Gasteiger partial charge in [-0.2, -0.15) is 0 Å². The third-order valence-electron chi connectivity index (χ3n) is 3.88. The molecule has 4 nitrogen and oxygen atoms in total. The zero-order valence-electron chi connectivity index (χ0n) is 11.9. The molecule has 2 aliphatic rings. The summed E-state index contributed by atoms with van der Waals surface area (Å²) in [7, 11) is 0. The summed E-state index contributed by atoms with van der Waals surface area (Å²) in [5, 5.41) is 6.82. The van der Waals surface area contributed by atoms with E-state index in [2.05, 4.69) is 34.3 Å². The summed E-state index contributed by atoms with van der Waals surface area (Å²) in [6.07, 6.45) is 2.84. The highest BCUT2D eigenvalue weighted by molar-refractivity contribution is 7.13. The molecule has 2 fully saturated rings. The molecule has 0 spiro atoms. The SMILES string of the molecule is CC(C)NCc1csc(N2CCN(C3CC3)CC2)n1. The molecule has 3 rings (SSSR count). The van der Waals surface area contributed by atoms with Crippen molar-refractivity contribution in [2.45, 2.75) is 45.3 Å². The zero-order chi connectivity index (χ0) is 13.2. The molecule has 5 heteroatoms. The first-order chi connectivity index (χ1) is 9.22. The Morgan fingerprint density at radius 1 is 1.32 bits per heavy atom. The van der Waals surface area contributed by atoms with Crippen molar-refractivity contribution in [1.29, 1.82) is 0 Å². The molecule has 106 valence electrons. The van der Waals surface area contributed by atoms with Crippen molar-refractivity contribution in [3.63, 3.8) is 0 Å². The molecular weight excluding hydrogens is 256 g/mol. The van der Waals surface area contributed by atoms with Crippen LogP contribution in [0.2, 0.25) is 0 Å². The summed E-state index contributed by atoms with van der Waals surface area (Å²) in [5.74, 6) is 0. The van der Waals surface area contributed by atoms with Crippen LogP contribution in [0, 0.1) is 0 Å². The van der Waals surface area contributed by atoms with Crippen LogP contribution in [0.3, 0.4) is 0 Å². The minimum atomic E-state index is 0.521. The van der Waals surface area contributed by atoms with Gasteiger partial charge >= 0.3 is 0 Å². The molecule has 0 radical (unpaired) electrons. The monoisotopic (exact) mass is 280 g/mol. The molecule has 0 bridgehead atoms. The quantitative estimate of drug-likeness (QED) is 0.893. The molecule has 1 aliphatic carbocycles. The van der Waals surface area contributed by atoms with Crippen LogP contribution in [0.1, 0.15) is 32.4 Å². The number of hydrogen-bond acceptors (Lipinski definition) is 5. The third-order valence-corrected chi connectivity index (χ3v) is 4.83. The second kappa shape index (κ2) is 5.77. The molecule has 1 aliphatic heterocycles. The summed E-state index contributed by atoms with van der Waals surface area (Å²) in [6.45, 7) is 9.93. The highest BCUT2D eigenvalue weighted by Crippen LogP contribution is 2.29. The van der Waals surface area contributed by atoms with Crippen LogP contribution in [0.25, 0.3) is 0 Å². The first kappa shape index (κ1) is 13.3. The topological polar surface area (TPSA) is 31.4 Å². The van der Waals surface area contributed by atoms with Gasteiger partial charge in [-0.25, -0.2) is 4.98 Å². The molecular formula is C14H24N4S. The lowest BCUT2D eigenvalue weighted by molar-refractivity contribution is 0.248. The van der Waals surface area contributed by atoms with E-state index in [0.717, 1.165) is 25.7 Å². The van der Waals surface area contributed by atoms with Gasteiger partial charge in [0.25, 0.3) is 0 Å². The van der Waals surface area contributed by atoms with Gasteiger partial charge in [0.05, 0.1) is 5.69 Å². The van der Waals surface area contributed by atoms with Gasteiger partial charge in [0.15, 0.2) is 5.13 Å². The second-order valence-electron chi connectivity index (χ2n) is 5.91. The Bertz CT molecular complexity index is 405. The number of rotatable bonds is 5. The third kappa shape index (κ3) is 3.46. The smallest absolute Gasteiger partial charge is 0.185 e. The van der Waals surface area contributed by atoms with Gasteiger partial charge in [-0.3, -0.25) is 4.90 Å². The number of nitrogens with one attached hydrogen (secondary N) is 1. The molecule has 0 unspecified atom stereocenters. The van der Waals surface area contributed by atoms with Gasteiger partial charge in [0.1, 0.15) is 0 Å². The largest absolute Gasteiger partial charge is 0.346 e. The van der Waals surface area contributed by atoms with E-state index < -0.39 is 0 Å². The van der Waals surface area contributed by atoms with Gasteiger partial charge in [-0.1, -0.05) is 13.8 Å². The van der Waals surface area contributed by atoms with E-state index in [-0.39, 0.29) is 0 Å². The van der Waals surface area contributed by atoms with Crippen molar-refractivity contribution in [2.75, 3.05) is 31.1 Å². The van der Waals surface area contributed by atoms with E-state index in [1.54, 1.807) is 11.3 Å². The zero-order valence-corrected chi connectivity index (χ0v) is 12.7. The molecule has 0 atom stereocenters. The van der Waals surface area contributed by atoms with Gasteiger partial charge in [-0.05, 0) is 12.8 Å². The van der Waals surface area contributed by atoms with E-state index in [4.69, 9.17) is 4.98 Å². The molecule has 19 heavy (non-hydrogen) atoms. The Kier molecular flexibility index (Phi) is 4.05. The van der Waals surface area contributed by atoms with Gasteiger partial charge in [0.2, 0.25) is 0 Å². The predicted octanol–water partition coefficient (Wildman–Crippen LogP) is 1.93. The number of nitrogens with zero attached hydrogens (tertiary/aromatic N) is 3.